The van der Waals surface area contributed by atoms with E-state index in [1.165, 1.54) is 0 Å². The van der Waals surface area contributed by atoms with Crippen LogP contribution in [0.15, 0.2) is 24.3 Å². The first-order valence-electron chi connectivity index (χ1n) is 4.09. The number of fused-ring (bicyclic) bond motifs is 5. The molecule has 0 radical (unpaired) electrons. The molecule has 2 bridgehead atoms. The van der Waals surface area contributed by atoms with E-state index in [0.29, 0.717) is 0 Å². The fraction of sp³-hybridized carbons (Fsp3) is 0.200. The van der Waals surface area contributed by atoms with E-state index in [-0.39, 0.29) is 12.2 Å². The van der Waals surface area contributed by atoms with Gasteiger partial charge in [0.15, 0.2) is 0 Å². The van der Waals surface area contributed by atoms with E-state index < -0.39 is 0 Å². The van der Waals surface area contributed by atoms with Crippen molar-refractivity contribution in [1.82, 2.24) is 0 Å². The summed E-state index contributed by atoms with van der Waals surface area (Å²) in [5.41, 5.74) is 2.09. The first-order valence-corrected chi connectivity index (χ1v) is 4.84. The van der Waals surface area contributed by atoms with Crippen molar-refractivity contribution >= 4 is 23.2 Å². The summed E-state index contributed by atoms with van der Waals surface area (Å²) >= 11 is 12.1. The highest BCUT2D eigenvalue weighted by Gasteiger charge is 2.36. The van der Waals surface area contributed by atoms with Crippen LogP contribution in [0.1, 0.15) is 23.3 Å². The fourth-order valence-corrected chi connectivity index (χ4v) is 2.49. The molecule has 3 rings (SSSR count). The second kappa shape index (κ2) is 2.50. The molecule has 0 aliphatic carbocycles. The molecule has 0 fully saturated rings. The van der Waals surface area contributed by atoms with Crippen LogP contribution in [-0.4, -0.2) is 0 Å². The fourth-order valence-electron chi connectivity index (χ4n) is 1.94. The van der Waals surface area contributed by atoms with Crippen LogP contribution >= 0.6 is 23.2 Å². The summed E-state index contributed by atoms with van der Waals surface area (Å²) in [4.78, 5) is 0. The standard InChI is InChI=1S/C10H6Cl2O/c11-5-1-2-6(12)10-8-4-3-7(13-8)9(5)10/h1-4,7-8H. The van der Waals surface area contributed by atoms with E-state index in [1.807, 2.05) is 24.3 Å². The predicted molar refractivity (Wildman–Crippen MR) is 52.2 cm³/mol. The summed E-state index contributed by atoms with van der Waals surface area (Å²) < 4.78 is 5.62. The average molecular weight is 213 g/mol. The van der Waals surface area contributed by atoms with E-state index in [2.05, 4.69) is 0 Å². The molecule has 1 nitrogen and oxygen atoms in total. The minimum absolute atomic E-state index is 0.0196. The molecule has 0 aromatic heterocycles. The lowest BCUT2D eigenvalue weighted by molar-refractivity contribution is 0.0879. The van der Waals surface area contributed by atoms with Gasteiger partial charge in [-0.1, -0.05) is 35.4 Å². The number of hydrogen-bond donors (Lipinski definition) is 0. The van der Waals surface area contributed by atoms with Crippen LogP contribution in [0.4, 0.5) is 0 Å². The average Bonchev–Trinajstić information content (AvgIpc) is 2.70. The SMILES string of the molecule is Clc1ccc(Cl)c2c1C1C=CC2O1. The maximum atomic E-state index is 6.06. The Morgan fingerprint density at radius 3 is 1.85 bits per heavy atom. The second-order valence-electron chi connectivity index (χ2n) is 3.22. The van der Waals surface area contributed by atoms with Gasteiger partial charge < -0.3 is 4.74 Å². The van der Waals surface area contributed by atoms with Gasteiger partial charge in [-0.05, 0) is 12.1 Å². The third kappa shape index (κ3) is 0.925. The number of halogens is 2. The van der Waals surface area contributed by atoms with Gasteiger partial charge in [0.05, 0.1) is 0 Å². The van der Waals surface area contributed by atoms with E-state index >= 15 is 0 Å². The van der Waals surface area contributed by atoms with Crippen LogP contribution in [0.25, 0.3) is 0 Å². The van der Waals surface area contributed by atoms with Crippen LogP contribution in [0.3, 0.4) is 0 Å². The van der Waals surface area contributed by atoms with Crippen LogP contribution < -0.4 is 0 Å². The summed E-state index contributed by atoms with van der Waals surface area (Å²) in [6.45, 7) is 0. The van der Waals surface area contributed by atoms with Crippen molar-refractivity contribution in [2.45, 2.75) is 12.2 Å². The zero-order chi connectivity index (χ0) is 9.00. The molecule has 0 spiro atoms. The molecule has 66 valence electrons. The van der Waals surface area contributed by atoms with E-state index in [1.54, 1.807) is 0 Å². The number of benzene rings is 1. The van der Waals surface area contributed by atoms with Crippen LogP contribution in [0.5, 0.6) is 0 Å². The third-order valence-electron chi connectivity index (χ3n) is 2.50. The summed E-state index contributed by atoms with van der Waals surface area (Å²) in [6.07, 6.45) is 4.09. The Morgan fingerprint density at radius 2 is 1.38 bits per heavy atom. The Morgan fingerprint density at radius 1 is 0.923 bits per heavy atom. The minimum Gasteiger partial charge on any atom is -0.357 e. The van der Waals surface area contributed by atoms with Gasteiger partial charge in [0.2, 0.25) is 0 Å². The van der Waals surface area contributed by atoms with Gasteiger partial charge in [0.1, 0.15) is 12.2 Å². The molecular weight excluding hydrogens is 207 g/mol. The van der Waals surface area contributed by atoms with E-state index in [0.717, 1.165) is 21.2 Å². The largest absolute Gasteiger partial charge is 0.357 e. The number of hydrogen-bond acceptors (Lipinski definition) is 1. The Hall–Kier alpha value is -0.500. The van der Waals surface area contributed by atoms with Gasteiger partial charge in [-0.3, -0.25) is 0 Å². The van der Waals surface area contributed by atoms with Crippen molar-refractivity contribution in [2.24, 2.45) is 0 Å². The van der Waals surface area contributed by atoms with Gasteiger partial charge in [0, 0.05) is 21.2 Å². The minimum atomic E-state index is 0.0196. The number of rotatable bonds is 0. The first-order chi connectivity index (χ1) is 6.27. The maximum absolute atomic E-state index is 6.06. The van der Waals surface area contributed by atoms with Crippen molar-refractivity contribution in [3.63, 3.8) is 0 Å². The summed E-state index contributed by atoms with van der Waals surface area (Å²) in [7, 11) is 0. The van der Waals surface area contributed by atoms with Crippen molar-refractivity contribution in [2.75, 3.05) is 0 Å². The molecule has 2 aliphatic heterocycles. The maximum Gasteiger partial charge on any atom is 0.104 e. The van der Waals surface area contributed by atoms with Crippen LogP contribution in [0.2, 0.25) is 10.0 Å². The van der Waals surface area contributed by atoms with Gasteiger partial charge in [-0.2, -0.15) is 0 Å². The summed E-state index contributed by atoms with van der Waals surface area (Å²) in [5.74, 6) is 0. The summed E-state index contributed by atoms with van der Waals surface area (Å²) in [5, 5.41) is 1.49. The molecule has 2 heterocycles. The molecule has 0 N–H and O–H groups in total. The molecule has 13 heavy (non-hydrogen) atoms. The van der Waals surface area contributed by atoms with Gasteiger partial charge in [0.25, 0.3) is 0 Å². The lowest BCUT2D eigenvalue weighted by Gasteiger charge is -2.09. The molecule has 1 aromatic carbocycles. The number of ether oxygens (including phenoxy) is 1. The predicted octanol–water partition coefficient (Wildman–Crippen LogP) is 3.68. The second-order valence-corrected chi connectivity index (χ2v) is 4.03. The lowest BCUT2D eigenvalue weighted by Crippen LogP contribution is -1.94. The van der Waals surface area contributed by atoms with Gasteiger partial charge in [-0.25, -0.2) is 0 Å². The monoisotopic (exact) mass is 212 g/mol. The lowest BCUT2D eigenvalue weighted by atomic mass is 9.97. The molecule has 1 aromatic rings. The van der Waals surface area contributed by atoms with Crippen molar-refractivity contribution in [3.05, 3.63) is 45.5 Å². The first kappa shape index (κ1) is 7.86. The zero-order valence-corrected chi connectivity index (χ0v) is 8.14. The Bertz CT molecular complexity index is 375. The van der Waals surface area contributed by atoms with Crippen LogP contribution in [0, 0.1) is 0 Å². The Kier molecular flexibility index (Phi) is 1.51. The molecule has 0 saturated carbocycles. The highest BCUT2D eigenvalue weighted by molar-refractivity contribution is 6.34. The molecule has 2 atom stereocenters. The zero-order valence-electron chi connectivity index (χ0n) is 6.63. The molecular formula is C10H6Cl2O. The van der Waals surface area contributed by atoms with Gasteiger partial charge >= 0.3 is 0 Å². The van der Waals surface area contributed by atoms with Crippen molar-refractivity contribution in [3.8, 4) is 0 Å². The molecule has 2 unspecified atom stereocenters. The Balaban J connectivity index is 2.33. The Labute approximate surface area is 85.9 Å². The van der Waals surface area contributed by atoms with Crippen LogP contribution in [-0.2, 0) is 4.74 Å². The van der Waals surface area contributed by atoms with E-state index in [4.69, 9.17) is 27.9 Å². The van der Waals surface area contributed by atoms with Crippen molar-refractivity contribution in [1.29, 1.82) is 0 Å². The third-order valence-corrected chi connectivity index (χ3v) is 3.16. The van der Waals surface area contributed by atoms with E-state index in [9.17, 15) is 0 Å². The van der Waals surface area contributed by atoms with Crippen molar-refractivity contribution < 1.29 is 4.74 Å². The summed E-state index contributed by atoms with van der Waals surface area (Å²) in [6, 6.07) is 3.64. The highest BCUT2D eigenvalue weighted by atomic mass is 35.5. The molecule has 2 aliphatic rings. The highest BCUT2D eigenvalue weighted by Crippen LogP contribution is 2.50. The quantitative estimate of drug-likeness (QED) is 0.597. The van der Waals surface area contributed by atoms with Gasteiger partial charge in [-0.15, -0.1) is 0 Å². The normalized spacial score (nSPS) is 28.2. The topological polar surface area (TPSA) is 9.23 Å². The molecule has 3 heteroatoms. The molecule has 0 saturated heterocycles. The smallest absolute Gasteiger partial charge is 0.104 e. The molecule has 0 amide bonds.